The average Bonchev–Trinajstić information content (AvgIpc) is 2.43. The zero-order valence-electron chi connectivity index (χ0n) is 13.3. The van der Waals surface area contributed by atoms with Gasteiger partial charge in [0, 0.05) is 39.4 Å². The summed E-state index contributed by atoms with van der Waals surface area (Å²) in [5, 5.41) is 3.34. The first-order valence-electron chi connectivity index (χ1n) is 7.54. The minimum atomic E-state index is 0.766. The van der Waals surface area contributed by atoms with Crippen LogP contribution in [0, 0.1) is 6.92 Å². The van der Waals surface area contributed by atoms with Gasteiger partial charge in [-0.1, -0.05) is 13.8 Å². The molecule has 0 saturated heterocycles. The number of aryl methyl sites for hydroxylation is 1. The van der Waals surface area contributed by atoms with Crippen LogP contribution >= 0.6 is 0 Å². The molecule has 0 aromatic carbocycles. The molecule has 1 aromatic rings. The van der Waals surface area contributed by atoms with Gasteiger partial charge in [0.05, 0.1) is 0 Å². The minimum absolute atomic E-state index is 0.766. The van der Waals surface area contributed by atoms with Crippen molar-refractivity contribution in [2.75, 3.05) is 43.6 Å². The lowest BCUT2D eigenvalue weighted by atomic mass is 10.3. The Morgan fingerprint density at radius 2 is 1.90 bits per heavy atom. The second-order valence-electron chi connectivity index (χ2n) is 4.92. The monoisotopic (exact) mass is 280 g/mol. The van der Waals surface area contributed by atoms with Crippen LogP contribution in [0.4, 0.5) is 11.6 Å². The normalized spacial score (nSPS) is 10.6. The van der Waals surface area contributed by atoms with Gasteiger partial charge in [-0.2, -0.15) is 0 Å². The van der Waals surface area contributed by atoms with Gasteiger partial charge in [0.1, 0.15) is 17.5 Å². The highest BCUT2D eigenvalue weighted by atomic mass is 16.5. The second kappa shape index (κ2) is 9.53. The maximum atomic E-state index is 5.05. The molecule has 5 nitrogen and oxygen atoms in total. The number of anilines is 2. The molecule has 114 valence electrons. The molecular weight excluding hydrogens is 252 g/mol. The van der Waals surface area contributed by atoms with E-state index in [-0.39, 0.29) is 0 Å². The smallest absolute Gasteiger partial charge is 0.134 e. The summed E-state index contributed by atoms with van der Waals surface area (Å²) in [5.41, 5.74) is 0. The Balaban J connectivity index is 2.72. The van der Waals surface area contributed by atoms with Crippen LogP contribution in [0.2, 0.25) is 0 Å². The fraction of sp³-hybridized carbons (Fsp3) is 0.733. The van der Waals surface area contributed by atoms with E-state index in [1.807, 2.05) is 13.0 Å². The molecule has 0 spiro atoms. The molecular formula is C15H28N4O. The van der Waals surface area contributed by atoms with E-state index in [4.69, 9.17) is 4.74 Å². The number of hydrogen-bond acceptors (Lipinski definition) is 5. The van der Waals surface area contributed by atoms with Crippen molar-refractivity contribution in [1.82, 2.24) is 9.97 Å². The molecule has 0 atom stereocenters. The van der Waals surface area contributed by atoms with Crippen LogP contribution in [0.25, 0.3) is 0 Å². The molecule has 0 saturated carbocycles. The van der Waals surface area contributed by atoms with Gasteiger partial charge in [0.25, 0.3) is 0 Å². The van der Waals surface area contributed by atoms with Crippen LogP contribution in [0.15, 0.2) is 6.07 Å². The Kier molecular flexibility index (Phi) is 7.95. The highest BCUT2D eigenvalue weighted by molar-refractivity contribution is 5.49. The zero-order valence-corrected chi connectivity index (χ0v) is 13.3. The maximum absolute atomic E-state index is 5.05. The maximum Gasteiger partial charge on any atom is 0.134 e. The van der Waals surface area contributed by atoms with E-state index < -0.39 is 0 Å². The van der Waals surface area contributed by atoms with E-state index in [2.05, 4.69) is 34.0 Å². The summed E-state index contributed by atoms with van der Waals surface area (Å²) in [6, 6.07) is 2.05. The van der Waals surface area contributed by atoms with Crippen molar-refractivity contribution in [3.63, 3.8) is 0 Å². The van der Waals surface area contributed by atoms with Gasteiger partial charge in [-0.3, -0.25) is 0 Å². The van der Waals surface area contributed by atoms with Gasteiger partial charge in [0.2, 0.25) is 0 Å². The topological polar surface area (TPSA) is 50.3 Å². The van der Waals surface area contributed by atoms with Crippen LogP contribution in [0.3, 0.4) is 0 Å². The second-order valence-corrected chi connectivity index (χ2v) is 4.92. The van der Waals surface area contributed by atoms with Crippen molar-refractivity contribution < 1.29 is 4.74 Å². The summed E-state index contributed by atoms with van der Waals surface area (Å²) in [4.78, 5) is 11.3. The highest BCUT2D eigenvalue weighted by Gasteiger charge is 2.09. The Labute approximate surface area is 122 Å². The van der Waals surface area contributed by atoms with Gasteiger partial charge in [0.15, 0.2) is 0 Å². The van der Waals surface area contributed by atoms with E-state index in [0.29, 0.717) is 0 Å². The summed E-state index contributed by atoms with van der Waals surface area (Å²) in [6.45, 7) is 10.0. The summed E-state index contributed by atoms with van der Waals surface area (Å²) in [5.74, 6) is 2.74. The van der Waals surface area contributed by atoms with Crippen molar-refractivity contribution in [3.8, 4) is 0 Å². The molecule has 1 N–H and O–H groups in total. The molecule has 20 heavy (non-hydrogen) atoms. The summed E-state index contributed by atoms with van der Waals surface area (Å²) < 4.78 is 5.05. The summed E-state index contributed by atoms with van der Waals surface area (Å²) >= 11 is 0. The molecule has 0 bridgehead atoms. The SMILES string of the molecule is CCCN(CCC)c1cc(NCCCOC)nc(C)n1. The fourth-order valence-electron chi connectivity index (χ4n) is 2.12. The molecule has 0 aliphatic rings. The Hall–Kier alpha value is -1.36. The third kappa shape index (κ3) is 5.74. The van der Waals surface area contributed by atoms with Gasteiger partial charge in [-0.05, 0) is 26.2 Å². The Bertz CT molecular complexity index is 378. The van der Waals surface area contributed by atoms with Gasteiger partial charge in [-0.15, -0.1) is 0 Å². The number of nitrogens with one attached hydrogen (secondary N) is 1. The van der Waals surface area contributed by atoms with Crippen molar-refractivity contribution in [2.24, 2.45) is 0 Å². The van der Waals surface area contributed by atoms with Crippen molar-refractivity contribution in [1.29, 1.82) is 0 Å². The first kappa shape index (κ1) is 16.7. The Morgan fingerprint density at radius 3 is 2.50 bits per heavy atom. The molecule has 1 heterocycles. The van der Waals surface area contributed by atoms with E-state index in [1.54, 1.807) is 7.11 Å². The molecule has 1 rings (SSSR count). The van der Waals surface area contributed by atoms with Gasteiger partial charge >= 0.3 is 0 Å². The van der Waals surface area contributed by atoms with E-state index in [1.165, 1.54) is 0 Å². The number of hydrogen-bond donors (Lipinski definition) is 1. The van der Waals surface area contributed by atoms with E-state index >= 15 is 0 Å². The zero-order chi connectivity index (χ0) is 14.8. The largest absolute Gasteiger partial charge is 0.385 e. The molecule has 0 fully saturated rings. The van der Waals surface area contributed by atoms with Crippen LogP contribution in [0.5, 0.6) is 0 Å². The lowest BCUT2D eigenvalue weighted by molar-refractivity contribution is 0.198. The van der Waals surface area contributed by atoms with Crippen LogP contribution in [-0.2, 0) is 4.74 Å². The van der Waals surface area contributed by atoms with Gasteiger partial charge < -0.3 is 15.0 Å². The molecule has 0 amide bonds. The first-order valence-corrected chi connectivity index (χ1v) is 7.54. The van der Waals surface area contributed by atoms with E-state index in [9.17, 15) is 0 Å². The predicted octanol–water partition coefficient (Wildman–Crippen LogP) is 2.86. The Morgan fingerprint density at radius 1 is 1.20 bits per heavy atom. The lowest BCUT2D eigenvalue weighted by Gasteiger charge is -2.23. The van der Waals surface area contributed by atoms with Crippen LogP contribution < -0.4 is 10.2 Å². The van der Waals surface area contributed by atoms with Crippen molar-refractivity contribution in [2.45, 2.75) is 40.0 Å². The fourth-order valence-corrected chi connectivity index (χ4v) is 2.12. The quantitative estimate of drug-likeness (QED) is 0.668. The molecule has 0 unspecified atom stereocenters. The number of ether oxygens (including phenoxy) is 1. The highest BCUT2D eigenvalue weighted by Crippen LogP contribution is 2.16. The standard InChI is InChI=1S/C15H28N4O/c1-5-9-19(10-6-2)15-12-14(17-13(3)18-15)16-8-7-11-20-4/h12H,5-11H2,1-4H3,(H,16,17,18). The number of methoxy groups -OCH3 is 1. The third-order valence-corrected chi connectivity index (χ3v) is 2.97. The van der Waals surface area contributed by atoms with Crippen LogP contribution in [0.1, 0.15) is 38.9 Å². The molecule has 0 aliphatic heterocycles. The lowest BCUT2D eigenvalue weighted by Crippen LogP contribution is -2.26. The average molecular weight is 280 g/mol. The number of rotatable bonds is 10. The molecule has 5 heteroatoms. The predicted molar refractivity (Wildman–Crippen MR) is 84.5 cm³/mol. The van der Waals surface area contributed by atoms with Crippen molar-refractivity contribution in [3.05, 3.63) is 11.9 Å². The molecule has 0 radical (unpaired) electrons. The van der Waals surface area contributed by atoms with Crippen LogP contribution in [-0.4, -0.2) is 43.3 Å². The van der Waals surface area contributed by atoms with Crippen molar-refractivity contribution >= 4 is 11.6 Å². The number of nitrogens with zero attached hydrogens (tertiary/aromatic N) is 3. The molecule has 0 aliphatic carbocycles. The van der Waals surface area contributed by atoms with E-state index in [0.717, 1.165) is 63.0 Å². The summed E-state index contributed by atoms with van der Waals surface area (Å²) in [6.07, 6.45) is 3.22. The summed E-state index contributed by atoms with van der Waals surface area (Å²) in [7, 11) is 1.72. The molecule has 1 aromatic heterocycles. The number of aromatic nitrogens is 2. The minimum Gasteiger partial charge on any atom is -0.385 e. The van der Waals surface area contributed by atoms with Gasteiger partial charge in [-0.25, -0.2) is 9.97 Å². The first-order chi connectivity index (χ1) is 9.71. The third-order valence-electron chi connectivity index (χ3n) is 2.97.